The zero-order chi connectivity index (χ0) is 19.1. The molecule has 1 saturated heterocycles. The number of aliphatic hydroxyl groups is 1. The molecule has 148 valence electrons. The van der Waals surface area contributed by atoms with Crippen molar-refractivity contribution in [1.82, 2.24) is 15.5 Å². The first-order valence-electron chi connectivity index (χ1n) is 9.07. The molecule has 2 heterocycles. The zero-order valence-corrected chi connectivity index (χ0v) is 15.1. The second kappa shape index (κ2) is 9.54. The molecule has 9 heteroatoms. The number of hydrogen-bond acceptors (Lipinski definition) is 7. The summed E-state index contributed by atoms with van der Waals surface area (Å²) < 4.78 is 16.2. The van der Waals surface area contributed by atoms with Crippen molar-refractivity contribution in [3.8, 4) is 11.5 Å². The van der Waals surface area contributed by atoms with Crippen molar-refractivity contribution in [3.63, 3.8) is 0 Å². The van der Waals surface area contributed by atoms with E-state index in [9.17, 15) is 9.59 Å². The van der Waals surface area contributed by atoms with Crippen LogP contribution in [0, 0.1) is 0 Å². The second-order valence-corrected chi connectivity index (χ2v) is 6.32. The summed E-state index contributed by atoms with van der Waals surface area (Å²) in [5.74, 6) is -0.00702. The maximum atomic E-state index is 12.1. The first kappa shape index (κ1) is 19.4. The van der Waals surface area contributed by atoms with Gasteiger partial charge in [0.2, 0.25) is 6.79 Å². The summed E-state index contributed by atoms with van der Waals surface area (Å²) in [6.07, 6.45) is 0.409. The molecular weight excluding hydrogens is 354 g/mol. The van der Waals surface area contributed by atoms with Gasteiger partial charge in [-0.2, -0.15) is 0 Å². The molecule has 2 aliphatic heterocycles. The molecule has 0 bridgehead atoms. The number of hydrogen-bond donors (Lipinski definition) is 3. The van der Waals surface area contributed by atoms with Crippen molar-refractivity contribution in [2.24, 2.45) is 0 Å². The van der Waals surface area contributed by atoms with Crippen LogP contribution in [0.15, 0.2) is 18.2 Å². The fraction of sp³-hybridized carbons (Fsp3) is 0.556. The minimum atomic E-state index is -0.699. The predicted octanol–water partition coefficient (Wildman–Crippen LogP) is -0.597. The summed E-state index contributed by atoms with van der Waals surface area (Å²) in [4.78, 5) is 26.1. The Morgan fingerprint density at radius 1 is 1.11 bits per heavy atom. The molecule has 1 fully saturated rings. The molecule has 0 saturated carbocycles. The molecule has 0 aromatic heterocycles. The van der Waals surface area contributed by atoms with Gasteiger partial charge in [0.1, 0.15) is 0 Å². The third-order valence-electron chi connectivity index (χ3n) is 4.55. The van der Waals surface area contributed by atoms with Gasteiger partial charge in [-0.25, -0.2) is 0 Å². The minimum Gasteiger partial charge on any atom is -0.454 e. The number of rotatable bonds is 7. The number of carbonyl (C=O) groups excluding carboxylic acids is 2. The average Bonchev–Trinajstić information content (AvgIpc) is 3.17. The Balaban J connectivity index is 1.65. The summed E-state index contributed by atoms with van der Waals surface area (Å²) in [6, 6.07) is 5.60. The van der Waals surface area contributed by atoms with E-state index >= 15 is 0 Å². The first-order valence-corrected chi connectivity index (χ1v) is 9.07. The van der Waals surface area contributed by atoms with E-state index < -0.39 is 11.8 Å². The third-order valence-corrected chi connectivity index (χ3v) is 4.55. The minimum absolute atomic E-state index is 0.0366. The number of nitrogens with one attached hydrogen (secondary N) is 2. The number of fused-ring (bicyclic) bond motifs is 1. The zero-order valence-electron chi connectivity index (χ0n) is 15.1. The molecule has 1 aromatic rings. The van der Waals surface area contributed by atoms with E-state index in [1.54, 1.807) is 0 Å². The summed E-state index contributed by atoms with van der Waals surface area (Å²) in [6.45, 7) is 3.42. The van der Waals surface area contributed by atoms with Gasteiger partial charge in [0.25, 0.3) is 0 Å². The monoisotopic (exact) mass is 379 g/mol. The summed E-state index contributed by atoms with van der Waals surface area (Å²) in [5.41, 5.74) is 0.974. The van der Waals surface area contributed by atoms with Gasteiger partial charge in [-0.15, -0.1) is 0 Å². The van der Waals surface area contributed by atoms with Crippen LogP contribution in [-0.2, 0) is 14.3 Å². The van der Waals surface area contributed by atoms with Gasteiger partial charge in [0, 0.05) is 32.8 Å². The molecule has 2 amide bonds. The number of amides is 2. The van der Waals surface area contributed by atoms with Gasteiger partial charge in [-0.05, 0) is 24.1 Å². The van der Waals surface area contributed by atoms with Crippen LogP contribution in [0.2, 0.25) is 0 Å². The summed E-state index contributed by atoms with van der Waals surface area (Å²) >= 11 is 0. The van der Waals surface area contributed by atoms with E-state index in [0.717, 1.165) is 18.7 Å². The molecule has 0 unspecified atom stereocenters. The van der Waals surface area contributed by atoms with E-state index in [2.05, 4.69) is 15.5 Å². The van der Waals surface area contributed by atoms with E-state index in [-0.39, 0.29) is 32.5 Å². The smallest absolute Gasteiger partial charge is 0.309 e. The summed E-state index contributed by atoms with van der Waals surface area (Å²) in [7, 11) is 0. The molecule has 3 N–H and O–H groups in total. The van der Waals surface area contributed by atoms with Crippen molar-refractivity contribution in [3.05, 3.63) is 23.8 Å². The molecule has 1 atom stereocenters. The van der Waals surface area contributed by atoms with E-state index in [0.29, 0.717) is 31.1 Å². The molecule has 1 aromatic carbocycles. The van der Waals surface area contributed by atoms with Crippen LogP contribution in [0.25, 0.3) is 0 Å². The fourth-order valence-electron chi connectivity index (χ4n) is 3.10. The van der Waals surface area contributed by atoms with Crippen LogP contribution < -0.4 is 20.1 Å². The number of carbonyl (C=O) groups is 2. The van der Waals surface area contributed by atoms with Crippen LogP contribution >= 0.6 is 0 Å². The van der Waals surface area contributed by atoms with Crippen LogP contribution in [0.1, 0.15) is 18.0 Å². The summed E-state index contributed by atoms with van der Waals surface area (Å²) in [5, 5.41) is 13.9. The highest BCUT2D eigenvalue weighted by Gasteiger charge is 2.26. The highest BCUT2D eigenvalue weighted by Crippen LogP contribution is 2.35. The Kier molecular flexibility index (Phi) is 6.86. The number of aliphatic hydroxyl groups excluding tert-OH is 1. The molecule has 27 heavy (non-hydrogen) atoms. The second-order valence-electron chi connectivity index (χ2n) is 6.32. The standard InChI is InChI=1S/C18H25N3O6/c22-7-1-4-19-17(23)18(24)20-11-14(21-5-8-25-9-6-21)13-2-3-15-16(10-13)27-12-26-15/h2-3,10,14,22H,1,4-9,11-12H2,(H,19,23)(H,20,24)/t14-/m1/s1. The maximum absolute atomic E-state index is 12.1. The molecular formula is C18H25N3O6. The Morgan fingerprint density at radius 2 is 1.85 bits per heavy atom. The van der Waals surface area contributed by atoms with Crippen LogP contribution in [0.3, 0.4) is 0 Å². The van der Waals surface area contributed by atoms with E-state index in [1.807, 2.05) is 18.2 Å². The van der Waals surface area contributed by atoms with Crippen molar-refractivity contribution in [2.45, 2.75) is 12.5 Å². The van der Waals surface area contributed by atoms with Crippen LogP contribution in [0.4, 0.5) is 0 Å². The van der Waals surface area contributed by atoms with Gasteiger partial charge in [0.05, 0.1) is 19.3 Å². The number of morpholine rings is 1. The van der Waals surface area contributed by atoms with Crippen molar-refractivity contribution in [2.75, 3.05) is 52.8 Å². The molecule has 9 nitrogen and oxygen atoms in total. The molecule has 0 aliphatic carbocycles. The Labute approximate surface area is 157 Å². The van der Waals surface area contributed by atoms with Crippen molar-refractivity contribution >= 4 is 11.8 Å². The van der Waals surface area contributed by atoms with Gasteiger partial charge in [0.15, 0.2) is 11.5 Å². The Bertz CT molecular complexity index is 662. The lowest BCUT2D eigenvalue weighted by Gasteiger charge is -2.34. The molecule has 3 rings (SSSR count). The average molecular weight is 379 g/mol. The Morgan fingerprint density at radius 3 is 2.63 bits per heavy atom. The largest absolute Gasteiger partial charge is 0.454 e. The normalized spacial score (nSPS) is 17.4. The van der Waals surface area contributed by atoms with Gasteiger partial charge >= 0.3 is 11.8 Å². The van der Waals surface area contributed by atoms with Crippen LogP contribution in [0.5, 0.6) is 11.5 Å². The quantitative estimate of drug-likeness (QED) is 0.429. The van der Waals surface area contributed by atoms with E-state index in [4.69, 9.17) is 19.3 Å². The van der Waals surface area contributed by atoms with Crippen molar-refractivity contribution < 1.29 is 28.9 Å². The lowest BCUT2D eigenvalue weighted by Crippen LogP contribution is -2.46. The van der Waals surface area contributed by atoms with Crippen LogP contribution in [-0.4, -0.2) is 74.6 Å². The lowest BCUT2D eigenvalue weighted by atomic mass is 10.0. The number of benzene rings is 1. The topological polar surface area (TPSA) is 109 Å². The maximum Gasteiger partial charge on any atom is 0.309 e. The van der Waals surface area contributed by atoms with Crippen molar-refractivity contribution in [1.29, 1.82) is 0 Å². The van der Waals surface area contributed by atoms with Gasteiger partial charge in [-0.3, -0.25) is 14.5 Å². The first-order chi connectivity index (χ1) is 13.2. The van der Waals surface area contributed by atoms with E-state index in [1.165, 1.54) is 0 Å². The lowest BCUT2D eigenvalue weighted by molar-refractivity contribution is -0.139. The Hall–Kier alpha value is -2.36. The molecule has 0 radical (unpaired) electrons. The van der Waals surface area contributed by atoms with Gasteiger partial charge in [-0.1, -0.05) is 6.07 Å². The fourth-order valence-corrected chi connectivity index (χ4v) is 3.10. The molecule has 0 spiro atoms. The highest BCUT2D eigenvalue weighted by atomic mass is 16.7. The highest BCUT2D eigenvalue weighted by molar-refractivity contribution is 6.35. The number of ether oxygens (including phenoxy) is 3. The molecule has 2 aliphatic rings. The van der Waals surface area contributed by atoms with Gasteiger partial charge < -0.3 is 30.0 Å². The predicted molar refractivity (Wildman–Crippen MR) is 95.4 cm³/mol. The SMILES string of the molecule is O=C(NCCCO)C(=O)NC[C@H](c1ccc2c(c1)OCO2)N1CCOCC1. The number of nitrogens with zero attached hydrogens (tertiary/aromatic N) is 1. The third kappa shape index (κ3) is 5.09.